The van der Waals surface area contributed by atoms with E-state index >= 15 is 0 Å². The van der Waals surface area contributed by atoms with Crippen molar-refractivity contribution in [2.45, 2.75) is 46.7 Å². The van der Waals surface area contributed by atoms with Gasteiger partial charge >= 0.3 is 0 Å². The molecule has 0 fully saturated rings. The molecule has 10 heteroatoms. The molecule has 1 aliphatic rings. The molecule has 0 atom stereocenters. The standard InChI is InChI=1S/C28H35FN6O3/c1-19(2)32-12-7-13-34(21(4)36)26-16-23(29)11-10-22(26)18-33(15-14-32)28(37)27-20(3)35(31-30-27)24-8-6-9-25(17-24)38-5/h6,8-11,16-17,19H,7,12-15,18H2,1-5H3. The maximum atomic E-state index is 14.3. The maximum absolute atomic E-state index is 14.3. The fourth-order valence-corrected chi connectivity index (χ4v) is 4.80. The Kier molecular flexibility index (Phi) is 8.41. The first-order valence-corrected chi connectivity index (χ1v) is 12.9. The Morgan fingerprint density at radius 2 is 1.84 bits per heavy atom. The number of nitrogens with zero attached hydrogens (tertiary/aromatic N) is 6. The summed E-state index contributed by atoms with van der Waals surface area (Å²) >= 11 is 0. The van der Waals surface area contributed by atoms with E-state index in [-0.39, 0.29) is 30.1 Å². The van der Waals surface area contributed by atoms with Gasteiger partial charge in [0, 0.05) is 51.8 Å². The quantitative estimate of drug-likeness (QED) is 0.518. The smallest absolute Gasteiger partial charge is 0.276 e. The summed E-state index contributed by atoms with van der Waals surface area (Å²) < 4.78 is 21.3. The lowest BCUT2D eigenvalue weighted by Crippen LogP contribution is -2.41. The number of carbonyl (C=O) groups is 2. The van der Waals surface area contributed by atoms with Crippen LogP contribution in [0.2, 0.25) is 0 Å². The molecular weight excluding hydrogens is 487 g/mol. The Labute approximate surface area is 222 Å². The largest absolute Gasteiger partial charge is 0.497 e. The van der Waals surface area contributed by atoms with Crippen molar-refractivity contribution < 1.29 is 18.7 Å². The van der Waals surface area contributed by atoms with Crippen LogP contribution < -0.4 is 9.64 Å². The van der Waals surface area contributed by atoms with Gasteiger partial charge < -0.3 is 14.5 Å². The van der Waals surface area contributed by atoms with E-state index in [1.165, 1.54) is 19.1 Å². The number of hydrogen-bond donors (Lipinski definition) is 0. The highest BCUT2D eigenvalue weighted by atomic mass is 19.1. The molecule has 0 aliphatic carbocycles. The van der Waals surface area contributed by atoms with Crippen LogP contribution in [0.5, 0.6) is 5.75 Å². The summed E-state index contributed by atoms with van der Waals surface area (Å²) in [4.78, 5) is 32.1. The number of carbonyl (C=O) groups excluding carboxylic acids is 2. The summed E-state index contributed by atoms with van der Waals surface area (Å²) in [5, 5.41) is 8.50. The second kappa shape index (κ2) is 11.7. The molecule has 0 radical (unpaired) electrons. The van der Waals surface area contributed by atoms with Crippen molar-refractivity contribution >= 4 is 17.5 Å². The molecule has 0 saturated carbocycles. The number of benzene rings is 2. The van der Waals surface area contributed by atoms with Crippen LogP contribution in [0.25, 0.3) is 5.69 Å². The van der Waals surface area contributed by atoms with E-state index in [2.05, 4.69) is 29.1 Å². The van der Waals surface area contributed by atoms with Crippen LogP contribution in [0.4, 0.5) is 10.1 Å². The van der Waals surface area contributed by atoms with E-state index in [1.54, 1.807) is 34.6 Å². The molecule has 1 aliphatic heterocycles. The lowest BCUT2D eigenvalue weighted by atomic mass is 10.1. The number of methoxy groups -OCH3 is 1. The van der Waals surface area contributed by atoms with Gasteiger partial charge in [0.05, 0.1) is 24.2 Å². The molecule has 0 spiro atoms. The molecule has 0 unspecified atom stereocenters. The summed E-state index contributed by atoms with van der Waals surface area (Å²) in [6.45, 7) is 10.0. The Balaban J connectivity index is 1.72. The Morgan fingerprint density at radius 1 is 1.05 bits per heavy atom. The summed E-state index contributed by atoms with van der Waals surface area (Å²) in [7, 11) is 1.59. The van der Waals surface area contributed by atoms with Gasteiger partial charge in [-0.3, -0.25) is 14.5 Å². The predicted molar refractivity (Wildman–Crippen MR) is 143 cm³/mol. The zero-order chi connectivity index (χ0) is 27.4. The Morgan fingerprint density at radius 3 is 2.55 bits per heavy atom. The normalized spacial score (nSPS) is 15.2. The maximum Gasteiger partial charge on any atom is 0.276 e. The zero-order valence-electron chi connectivity index (χ0n) is 22.6. The average molecular weight is 523 g/mol. The molecule has 2 amide bonds. The van der Waals surface area contributed by atoms with E-state index in [4.69, 9.17) is 4.74 Å². The molecule has 9 nitrogen and oxygen atoms in total. The number of fused-ring (bicyclic) bond motifs is 1. The highest BCUT2D eigenvalue weighted by Crippen LogP contribution is 2.26. The van der Waals surface area contributed by atoms with Crippen molar-refractivity contribution in [2.24, 2.45) is 0 Å². The summed E-state index contributed by atoms with van der Waals surface area (Å²) in [6, 6.07) is 12.0. The molecule has 0 bridgehead atoms. The third-order valence-corrected chi connectivity index (χ3v) is 6.98. The summed E-state index contributed by atoms with van der Waals surface area (Å²) in [5.41, 5.74) is 2.76. The van der Waals surface area contributed by atoms with Gasteiger partial charge in [0.1, 0.15) is 11.6 Å². The van der Waals surface area contributed by atoms with Gasteiger partial charge in [0.2, 0.25) is 5.91 Å². The average Bonchev–Trinajstić information content (AvgIpc) is 3.26. The van der Waals surface area contributed by atoms with Crippen molar-refractivity contribution in [3.05, 3.63) is 65.2 Å². The topological polar surface area (TPSA) is 83.8 Å². The Hall–Kier alpha value is -3.79. The van der Waals surface area contributed by atoms with Crippen molar-refractivity contribution in [3.8, 4) is 11.4 Å². The van der Waals surface area contributed by atoms with Crippen LogP contribution in [0.15, 0.2) is 42.5 Å². The van der Waals surface area contributed by atoms with Gasteiger partial charge in [-0.15, -0.1) is 5.10 Å². The zero-order valence-corrected chi connectivity index (χ0v) is 22.6. The molecule has 202 valence electrons. The minimum absolute atomic E-state index is 0.165. The fourth-order valence-electron chi connectivity index (χ4n) is 4.80. The van der Waals surface area contributed by atoms with Crippen LogP contribution in [0, 0.1) is 12.7 Å². The Bertz CT molecular complexity index is 1310. The van der Waals surface area contributed by atoms with Crippen molar-refractivity contribution in [3.63, 3.8) is 0 Å². The van der Waals surface area contributed by atoms with Gasteiger partial charge in [-0.05, 0) is 57.0 Å². The van der Waals surface area contributed by atoms with E-state index in [9.17, 15) is 14.0 Å². The molecule has 2 aromatic carbocycles. The van der Waals surface area contributed by atoms with E-state index < -0.39 is 5.82 Å². The minimum atomic E-state index is -0.427. The van der Waals surface area contributed by atoms with Gasteiger partial charge in [-0.2, -0.15) is 0 Å². The molecule has 0 saturated heterocycles. The number of amides is 2. The molecular formula is C28H35FN6O3. The number of halogens is 1. The second-order valence-electron chi connectivity index (χ2n) is 9.79. The van der Waals surface area contributed by atoms with E-state index in [0.717, 1.165) is 18.7 Å². The highest BCUT2D eigenvalue weighted by molar-refractivity contribution is 5.94. The van der Waals surface area contributed by atoms with Crippen LogP contribution >= 0.6 is 0 Å². The number of hydrogen-bond acceptors (Lipinski definition) is 6. The van der Waals surface area contributed by atoms with Crippen molar-refractivity contribution in [1.29, 1.82) is 0 Å². The van der Waals surface area contributed by atoms with Crippen LogP contribution in [-0.2, 0) is 11.3 Å². The lowest BCUT2D eigenvalue weighted by molar-refractivity contribution is -0.116. The molecule has 4 rings (SSSR count). The summed E-state index contributed by atoms with van der Waals surface area (Å²) in [6.07, 6.45) is 0.732. The highest BCUT2D eigenvalue weighted by Gasteiger charge is 2.27. The van der Waals surface area contributed by atoms with Crippen molar-refractivity contribution in [1.82, 2.24) is 24.8 Å². The third-order valence-electron chi connectivity index (χ3n) is 6.98. The summed E-state index contributed by atoms with van der Waals surface area (Å²) in [5.74, 6) is -0.194. The van der Waals surface area contributed by atoms with E-state index in [1.807, 2.05) is 24.3 Å². The van der Waals surface area contributed by atoms with Gasteiger partial charge in [0.25, 0.3) is 5.91 Å². The molecule has 38 heavy (non-hydrogen) atoms. The third kappa shape index (κ3) is 5.85. The van der Waals surface area contributed by atoms with Crippen LogP contribution in [-0.4, -0.2) is 75.9 Å². The van der Waals surface area contributed by atoms with Crippen LogP contribution in [0.3, 0.4) is 0 Å². The number of aromatic nitrogens is 3. The van der Waals surface area contributed by atoms with Gasteiger partial charge in [0.15, 0.2) is 5.69 Å². The SMILES string of the molecule is COc1cccc(-n2nnc(C(=O)N3CCN(C(C)C)CCCN(C(C)=O)c4cc(F)ccc4C3)c2C)c1. The van der Waals surface area contributed by atoms with Gasteiger partial charge in [-0.25, -0.2) is 9.07 Å². The number of ether oxygens (including phenoxy) is 1. The monoisotopic (exact) mass is 522 g/mol. The first-order chi connectivity index (χ1) is 18.2. The predicted octanol–water partition coefficient (Wildman–Crippen LogP) is 3.83. The van der Waals surface area contributed by atoms with Crippen LogP contribution in [0.1, 0.15) is 48.9 Å². The minimum Gasteiger partial charge on any atom is -0.497 e. The second-order valence-corrected chi connectivity index (χ2v) is 9.79. The molecule has 1 aromatic heterocycles. The van der Waals surface area contributed by atoms with Gasteiger partial charge in [-0.1, -0.05) is 17.3 Å². The molecule has 0 N–H and O–H groups in total. The van der Waals surface area contributed by atoms with Crippen molar-refractivity contribution in [2.75, 3.05) is 38.2 Å². The first-order valence-electron chi connectivity index (χ1n) is 12.9. The molecule has 3 aromatic rings. The van der Waals surface area contributed by atoms with E-state index in [0.29, 0.717) is 42.3 Å². The fraction of sp³-hybridized carbons (Fsp3) is 0.429. The number of rotatable bonds is 4. The lowest BCUT2D eigenvalue weighted by Gasteiger charge is -2.29. The first kappa shape index (κ1) is 27.3. The number of anilines is 1. The molecule has 2 heterocycles.